The minimum Gasteiger partial charge on any atom is -0.342 e. The lowest BCUT2D eigenvalue weighted by Gasteiger charge is -2.33. The summed E-state index contributed by atoms with van der Waals surface area (Å²) in [5.41, 5.74) is 8.99. The zero-order valence-corrected chi connectivity index (χ0v) is 11.8. The molecule has 0 saturated carbocycles. The van der Waals surface area contributed by atoms with Gasteiger partial charge < -0.3 is 4.90 Å². The summed E-state index contributed by atoms with van der Waals surface area (Å²) in [6.07, 6.45) is 13.0. The lowest BCUT2D eigenvalue weighted by Crippen LogP contribution is -2.30. The quantitative estimate of drug-likeness (QED) is 0.685. The van der Waals surface area contributed by atoms with Gasteiger partial charge in [0.2, 0.25) is 0 Å². The molecular weight excluding hydrogens is 256 g/mol. The van der Waals surface area contributed by atoms with Crippen molar-refractivity contribution in [1.29, 1.82) is 0 Å². The van der Waals surface area contributed by atoms with Gasteiger partial charge in [-0.05, 0) is 42.6 Å². The van der Waals surface area contributed by atoms with Crippen LogP contribution in [0.5, 0.6) is 0 Å². The molecule has 2 nitrogen and oxygen atoms in total. The number of fused-ring (bicyclic) bond motifs is 6. The van der Waals surface area contributed by atoms with Crippen LogP contribution in [0.15, 0.2) is 70.5 Å². The van der Waals surface area contributed by atoms with Gasteiger partial charge in [0.15, 0.2) is 0 Å². The van der Waals surface area contributed by atoms with Crippen molar-refractivity contribution in [2.24, 2.45) is 4.99 Å². The summed E-state index contributed by atoms with van der Waals surface area (Å²) in [4.78, 5) is 7.23. The summed E-state index contributed by atoms with van der Waals surface area (Å²) in [5.74, 6) is 0. The van der Waals surface area contributed by atoms with Crippen LogP contribution in [0.1, 0.15) is 24.8 Å². The van der Waals surface area contributed by atoms with Crippen molar-refractivity contribution >= 4 is 17.0 Å². The minimum absolute atomic E-state index is 0.950. The summed E-state index contributed by atoms with van der Waals surface area (Å²) < 4.78 is 0. The molecule has 0 fully saturated rings. The maximum Gasteiger partial charge on any atom is 0.0950 e. The van der Waals surface area contributed by atoms with E-state index in [9.17, 15) is 0 Å². The molecule has 0 atom stereocenters. The smallest absolute Gasteiger partial charge is 0.0950 e. The number of hydrogen-bond donors (Lipinski definition) is 0. The second-order valence-electron chi connectivity index (χ2n) is 5.98. The van der Waals surface area contributed by atoms with Crippen LogP contribution >= 0.6 is 0 Å². The Morgan fingerprint density at radius 2 is 2.05 bits per heavy atom. The zero-order valence-electron chi connectivity index (χ0n) is 11.8. The Hall–Kier alpha value is -2.35. The highest BCUT2D eigenvalue weighted by molar-refractivity contribution is 6.36. The van der Waals surface area contributed by atoms with Crippen LogP contribution in [0.3, 0.4) is 0 Å². The number of aliphatic imine (C=N–C) groups is 1. The molecule has 0 saturated heterocycles. The molecule has 3 heterocycles. The number of allylic oxidation sites excluding steroid dienone is 5. The third-order valence-electron chi connectivity index (χ3n) is 4.71. The van der Waals surface area contributed by atoms with Gasteiger partial charge >= 0.3 is 0 Å². The van der Waals surface area contributed by atoms with Crippen molar-refractivity contribution in [3.8, 4) is 0 Å². The fourth-order valence-electron chi connectivity index (χ4n) is 3.66. The Balaban J connectivity index is 1.67. The van der Waals surface area contributed by atoms with Crippen molar-refractivity contribution in [3.63, 3.8) is 0 Å². The highest BCUT2D eigenvalue weighted by atomic mass is 15.1. The SMILES string of the molecule is C1=C2C=C3C4=Nc5ccccc5C4=CCN3C=C2CCC1. The Morgan fingerprint density at radius 1 is 1.10 bits per heavy atom. The lowest BCUT2D eigenvalue weighted by molar-refractivity contribution is 0.522. The van der Waals surface area contributed by atoms with E-state index in [-0.39, 0.29) is 0 Å². The van der Waals surface area contributed by atoms with E-state index in [0.29, 0.717) is 0 Å². The van der Waals surface area contributed by atoms with E-state index in [1.165, 1.54) is 47.2 Å². The largest absolute Gasteiger partial charge is 0.342 e. The Labute approximate surface area is 124 Å². The molecule has 0 bridgehead atoms. The molecule has 5 rings (SSSR count). The molecule has 0 unspecified atom stereocenters. The van der Waals surface area contributed by atoms with Gasteiger partial charge in [-0.3, -0.25) is 0 Å². The lowest BCUT2D eigenvalue weighted by atomic mass is 9.88. The molecule has 2 heteroatoms. The highest BCUT2D eigenvalue weighted by Crippen LogP contribution is 2.42. The third-order valence-corrected chi connectivity index (χ3v) is 4.71. The monoisotopic (exact) mass is 272 g/mol. The molecule has 0 amide bonds. The van der Waals surface area contributed by atoms with E-state index in [0.717, 1.165) is 17.9 Å². The van der Waals surface area contributed by atoms with Crippen molar-refractivity contribution in [3.05, 3.63) is 71.1 Å². The fraction of sp³-hybridized carbons (Fsp3) is 0.211. The van der Waals surface area contributed by atoms with Gasteiger partial charge in [0.1, 0.15) is 0 Å². The van der Waals surface area contributed by atoms with Gasteiger partial charge in [-0.2, -0.15) is 0 Å². The van der Waals surface area contributed by atoms with Gasteiger partial charge in [0, 0.05) is 23.9 Å². The number of rotatable bonds is 0. The molecule has 0 spiro atoms. The van der Waals surface area contributed by atoms with E-state index in [1.807, 2.05) is 0 Å². The number of benzene rings is 1. The summed E-state index contributed by atoms with van der Waals surface area (Å²) in [6, 6.07) is 8.45. The van der Waals surface area contributed by atoms with Crippen molar-refractivity contribution < 1.29 is 0 Å². The first-order valence-electron chi connectivity index (χ1n) is 7.69. The second kappa shape index (κ2) is 4.08. The standard InChI is InChI=1S/C19H16N2/c1-2-6-14-12-21-10-9-16-15-7-3-4-8-17(15)20-19(16)18(21)11-13(14)5-1/h3-5,7-9,11-12H,1-2,6,10H2. The van der Waals surface area contributed by atoms with E-state index in [4.69, 9.17) is 4.99 Å². The van der Waals surface area contributed by atoms with E-state index in [2.05, 4.69) is 53.6 Å². The molecule has 0 aromatic heterocycles. The molecule has 1 aromatic carbocycles. The molecule has 1 aliphatic carbocycles. The predicted molar refractivity (Wildman–Crippen MR) is 86.3 cm³/mol. The highest BCUT2D eigenvalue weighted by Gasteiger charge is 2.31. The number of hydrogen-bond acceptors (Lipinski definition) is 2. The van der Waals surface area contributed by atoms with Crippen LogP contribution in [0.2, 0.25) is 0 Å². The van der Waals surface area contributed by atoms with E-state index >= 15 is 0 Å². The van der Waals surface area contributed by atoms with E-state index in [1.54, 1.807) is 0 Å². The molecule has 21 heavy (non-hydrogen) atoms. The first-order chi connectivity index (χ1) is 10.4. The Morgan fingerprint density at radius 3 is 3.05 bits per heavy atom. The van der Waals surface area contributed by atoms with Crippen LogP contribution in [0.25, 0.3) is 5.57 Å². The third kappa shape index (κ3) is 1.56. The molecule has 0 N–H and O–H groups in total. The van der Waals surface area contributed by atoms with Gasteiger partial charge in [0.25, 0.3) is 0 Å². The molecule has 102 valence electrons. The normalized spacial score (nSPS) is 21.9. The predicted octanol–water partition coefficient (Wildman–Crippen LogP) is 4.36. The summed E-state index contributed by atoms with van der Waals surface area (Å²) in [7, 11) is 0. The zero-order chi connectivity index (χ0) is 13.8. The molecule has 0 radical (unpaired) electrons. The van der Waals surface area contributed by atoms with Crippen molar-refractivity contribution in [2.75, 3.05) is 6.54 Å². The van der Waals surface area contributed by atoms with Crippen molar-refractivity contribution in [2.45, 2.75) is 19.3 Å². The Kier molecular flexibility index (Phi) is 2.20. The average Bonchev–Trinajstić information content (AvgIpc) is 2.92. The second-order valence-corrected chi connectivity index (χ2v) is 5.98. The maximum atomic E-state index is 4.88. The van der Waals surface area contributed by atoms with Crippen LogP contribution in [0, 0.1) is 0 Å². The summed E-state index contributed by atoms with van der Waals surface area (Å²) >= 11 is 0. The minimum atomic E-state index is 0.950. The molecular formula is C19H16N2. The van der Waals surface area contributed by atoms with Crippen LogP contribution < -0.4 is 0 Å². The first-order valence-corrected chi connectivity index (χ1v) is 7.69. The topological polar surface area (TPSA) is 15.6 Å². The fourth-order valence-corrected chi connectivity index (χ4v) is 3.66. The summed E-state index contributed by atoms with van der Waals surface area (Å²) in [6.45, 7) is 0.950. The van der Waals surface area contributed by atoms with Gasteiger partial charge in [-0.1, -0.05) is 30.4 Å². The molecule has 4 aliphatic rings. The van der Waals surface area contributed by atoms with Crippen LogP contribution in [-0.2, 0) is 0 Å². The van der Waals surface area contributed by atoms with Crippen LogP contribution in [0.4, 0.5) is 5.69 Å². The number of para-hydroxylation sites is 1. The first kappa shape index (κ1) is 11.3. The average molecular weight is 272 g/mol. The van der Waals surface area contributed by atoms with E-state index < -0.39 is 0 Å². The van der Waals surface area contributed by atoms with Gasteiger partial charge in [0.05, 0.1) is 17.1 Å². The van der Waals surface area contributed by atoms with Crippen molar-refractivity contribution in [1.82, 2.24) is 4.90 Å². The molecule has 1 aromatic rings. The van der Waals surface area contributed by atoms with Gasteiger partial charge in [-0.25, -0.2) is 4.99 Å². The Bertz CT molecular complexity index is 803. The maximum absolute atomic E-state index is 4.88. The van der Waals surface area contributed by atoms with Crippen LogP contribution in [-0.4, -0.2) is 17.2 Å². The summed E-state index contributed by atoms with van der Waals surface area (Å²) in [5, 5.41) is 0. The van der Waals surface area contributed by atoms with Gasteiger partial charge in [-0.15, -0.1) is 0 Å². The molecule has 3 aliphatic heterocycles. The number of nitrogens with zero attached hydrogens (tertiary/aromatic N) is 2.